The van der Waals surface area contributed by atoms with Gasteiger partial charge in [0.2, 0.25) is 5.09 Å². The fourth-order valence-corrected chi connectivity index (χ4v) is 2.75. The lowest BCUT2D eigenvalue weighted by Crippen LogP contribution is -2.41. The number of hydrogen-bond donors (Lipinski definition) is 2. The largest absolute Gasteiger partial charge is 0.452 e. The molecule has 1 aromatic heterocycles. The number of sulfonamides is 1. The smallest absolute Gasteiger partial charge is 0.274 e. The van der Waals surface area contributed by atoms with Crippen LogP contribution >= 0.6 is 0 Å². The topological polar surface area (TPSA) is 85.3 Å². The van der Waals surface area contributed by atoms with Gasteiger partial charge >= 0.3 is 0 Å². The summed E-state index contributed by atoms with van der Waals surface area (Å²) >= 11 is 0. The van der Waals surface area contributed by atoms with Gasteiger partial charge in [-0.15, -0.1) is 0 Å². The molecule has 1 fully saturated rings. The predicted molar refractivity (Wildman–Crippen MR) is 54.6 cm³/mol. The van der Waals surface area contributed by atoms with Gasteiger partial charge in [-0.3, -0.25) is 0 Å². The Kier molecular flexibility index (Phi) is 2.81. The summed E-state index contributed by atoms with van der Waals surface area (Å²) in [6.07, 6.45) is 3.42. The third kappa shape index (κ3) is 2.39. The first-order valence-electron chi connectivity index (χ1n) is 4.89. The van der Waals surface area contributed by atoms with E-state index >= 15 is 0 Å². The van der Waals surface area contributed by atoms with Crippen LogP contribution in [0.2, 0.25) is 0 Å². The van der Waals surface area contributed by atoms with Gasteiger partial charge in [0.05, 0.1) is 6.26 Å². The van der Waals surface area contributed by atoms with Gasteiger partial charge in [-0.2, -0.15) is 0 Å². The van der Waals surface area contributed by atoms with Gasteiger partial charge in [-0.05, 0) is 30.9 Å². The van der Waals surface area contributed by atoms with E-state index in [0.717, 1.165) is 12.8 Å². The molecule has 0 radical (unpaired) electrons. The van der Waals surface area contributed by atoms with Crippen LogP contribution in [0, 0.1) is 5.92 Å². The Morgan fingerprint density at radius 2 is 2.33 bits per heavy atom. The zero-order valence-electron chi connectivity index (χ0n) is 8.22. The number of nitrogens with one attached hydrogen (secondary N) is 1. The van der Waals surface area contributed by atoms with E-state index in [0.29, 0.717) is 12.5 Å². The van der Waals surface area contributed by atoms with Gasteiger partial charge in [0, 0.05) is 12.6 Å². The Morgan fingerprint density at radius 3 is 2.80 bits per heavy atom. The van der Waals surface area contributed by atoms with Crippen LogP contribution in [0.1, 0.15) is 12.8 Å². The standard InChI is InChI=1S/C9H14N2O3S/c10-6-8(7-3-4-7)11-15(12,13)9-2-1-5-14-9/h1-2,5,7-8,11H,3-4,6,10H2. The molecule has 6 heteroatoms. The highest BCUT2D eigenvalue weighted by molar-refractivity contribution is 7.89. The zero-order chi connectivity index (χ0) is 10.9. The highest BCUT2D eigenvalue weighted by Gasteiger charge is 2.34. The quantitative estimate of drug-likeness (QED) is 0.761. The summed E-state index contributed by atoms with van der Waals surface area (Å²) in [5.74, 6) is 0.389. The van der Waals surface area contributed by atoms with Crippen molar-refractivity contribution in [2.75, 3.05) is 6.54 Å². The molecule has 0 amide bonds. The number of nitrogens with two attached hydrogens (primary N) is 1. The van der Waals surface area contributed by atoms with E-state index < -0.39 is 10.0 Å². The molecular formula is C9H14N2O3S. The lowest BCUT2D eigenvalue weighted by Gasteiger charge is -2.14. The molecule has 0 bridgehead atoms. The van der Waals surface area contributed by atoms with E-state index in [1.54, 1.807) is 6.07 Å². The molecule has 0 aromatic carbocycles. The summed E-state index contributed by atoms with van der Waals surface area (Å²) in [6, 6.07) is 2.80. The van der Waals surface area contributed by atoms with Crippen molar-refractivity contribution in [2.24, 2.45) is 11.7 Å². The summed E-state index contributed by atoms with van der Waals surface area (Å²) in [5, 5.41) is -0.0541. The van der Waals surface area contributed by atoms with Gasteiger partial charge in [0.25, 0.3) is 10.0 Å². The second-order valence-electron chi connectivity index (χ2n) is 3.73. The van der Waals surface area contributed by atoms with Crippen LogP contribution in [0.5, 0.6) is 0 Å². The van der Waals surface area contributed by atoms with Crippen LogP contribution in [-0.4, -0.2) is 21.0 Å². The van der Waals surface area contributed by atoms with Gasteiger partial charge in [0.1, 0.15) is 0 Å². The van der Waals surface area contributed by atoms with E-state index in [4.69, 9.17) is 10.2 Å². The van der Waals surface area contributed by atoms with Crippen molar-refractivity contribution >= 4 is 10.0 Å². The molecule has 15 heavy (non-hydrogen) atoms. The minimum Gasteiger partial charge on any atom is -0.452 e. The fourth-order valence-electron chi connectivity index (χ4n) is 1.51. The Bertz CT molecular complexity index is 409. The Hall–Kier alpha value is -0.850. The van der Waals surface area contributed by atoms with Gasteiger partial charge in [0.15, 0.2) is 0 Å². The highest BCUT2D eigenvalue weighted by atomic mass is 32.2. The van der Waals surface area contributed by atoms with Crippen molar-refractivity contribution in [3.05, 3.63) is 18.4 Å². The van der Waals surface area contributed by atoms with Crippen LogP contribution < -0.4 is 10.5 Å². The minimum absolute atomic E-state index is 0.0541. The summed E-state index contributed by atoms with van der Waals surface area (Å²) < 4.78 is 30.9. The molecule has 1 aliphatic carbocycles. The van der Waals surface area contributed by atoms with Gasteiger partial charge in [-0.25, -0.2) is 13.1 Å². The third-order valence-electron chi connectivity index (χ3n) is 2.51. The number of furan rings is 1. The molecule has 5 nitrogen and oxygen atoms in total. The molecule has 3 N–H and O–H groups in total. The molecule has 2 rings (SSSR count). The zero-order valence-corrected chi connectivity index (χ0v) is 9.03. The maximum Gasteiger partial charge on any atom is 0.274 e. The van der Waals surface area contributed by atoms with Crippen molar-refractivity contribution in [3.63, 3.8) is 0 Å². The first kappa shape index (κ1) is 10.7. The van der Waals surface area contributed by atoms with Crippen molar-refractivity contribution in [2.45, 2.75) is 24.0 Å². The second kappa shape index (κ2) is 3.96. The summed E-state index contributed by atoms with van der Waals surface area (Å²) in [7, 11) is -3.53. The maximum atomic E-state index is 11.7. The molecule has 0 spiro atoms. The van der Waals surface area contributed by atoms with Crippen molar-refractivity contribution in [1.29, 1.82) is 0 Å². The molecular weight excluding hydrogens is 216 g/mol. The van der Waals surface area contributed by atoms with Crippen LogP contribution in [0.4, 0.5) is 0 Å². The van der Waals surface area contributed by atoms with E-state index in [1.807, 2.05) is 0 Å². The van der Waals surface area contributed by atoms with Gasteiger partial charge in [-0.1, -0.05) is 0 Å². The summed E-state index contributed by atoms with van der Waals surface area (Å²) in [6.45, 7) is 0.324. The Balaban J connectivity index is 2.10. The van der Waals surface area contributed by atoms with Crippen LogP contribution in [0.3, 0.4) is 0 Å². The average molecular weight is 230 g/mol. The Morgan fingerprint density at radius 1 is 1.60 bits per heavy atom. The molecule has 0 saturated heterocycles. The Labute approximate surface area is 88.7 Å². The van der Waals surface area contributed by atoms with Crippen LogP contribution in [0.25, 0.3) is 0 Å². The minimum atomic E-state index is -3.53. The SMILES string of the molecule is NCC(NS(=O)(=O)c1ccco1)C1CC1. The summed E-state index contributed by atoms with van der Waals surface area (Å²) in [4.78, 5) is 0. The second-order valence-corrected chi connectivity index (χ2v) is 5.38. The molecule has 84 valence electrons. The van der Waals surface area contributed by atoms with E-state index in [-0.39, 0.29) is 11.1 Å². The molecule has 1 unspecified atom stereocenters. The van der Waals surface area contributed by atoms with Gasteiger partial charge < -0.3 is 10.2 Å². The first-order valence-corrected chi connectivity index (χ1v) is 6.37. The molecule has 1 aliphatic rings. The third-order valence-corrected chi connectivity index (χ3v) is 3.89. The van der Waals surface area contributed by atoms with E-state index in [2.05, 4.69) is 4.72 Å². The van der Waals surface area contributed by atoms with Crippen molar-refractivity contribution < 1.29 is 12.8 Å². The number of rotatable bonds is 5. The monoisotopic (exact) mass is 230 g/mol. The first-order chi connectivity index (χ1) is 7.13. The molecule has 0 aliphatic heterocycles. The fraction of sp³-hybridized carbons (Fsp3) is 0.556. The highest BCUT2D eigenvalue weighted by Crippen LogP contribution is 2.32. The lowest BCUT2D eigenvalue weighted by atomic mass is 10.2. The summed E-state index contributed by atoms with van der Waals surface area (Å²) in [5.41, 5.74) is 5.52. The van der Waals surface area contributed by atoms with Crippen LogP contribution in [-0.2, 0) is 10.0 Å². The van der Waals surface area contributed by atoms with Crippen molar-refractivity contribution in [1.82, 2.24) is 4.72 Å². The maximum absolute atomic E-state index is 11.7. The van der Waals surface area contributed by atoms with E-state index in [9.17, 15) is 8.42 Å². The molecule has 1 heterocycles. The molecule has 1 saturated carbocycles. The van der Waals surface area contributed by atoms with E-state index in [1.165, 1.54) is 12.3 Å². The van der Waals surface area contributed by atoms with Crippen LogP contribution in [0.15, 0.2) is 27.9 Å². The molecule has 1 aromatic rings. The number of hydrogen-bond acceptors (Lipinski definition) is 4. The average Bonchev–Trinajstić information content (AvgIpc) is 2.88. The lowest BCUT2D eigenvalue weighted by molar-refractivity contribution is 0.436. The predicted octanol–water partition coefficient (Wildman–Crippen LogP) is 0.295. The van der Waals surface area contributed by atoms with Crippen molar-refractivity contribution in [3.8, 4) is 0 Å². The molecule has 1 atom stereocenters. The normalized spacial score (nSPS) is 19.0.